The molecule has 7 nitrogen and oxygen atoms in total. The van der Waals surface area contributed by atoms with Crippen molar-refractivity contribution in [3.8, 4) is 0 Å². The van der Waals surface area contributed by atoms with Gasteiger partial charge >= 0.3 is 5.00 Å². The molecule has 0 fully saturated rings. The minimum atomic E-state index is -1.66. The molecule has 0 spiro atoms. The van der Waals surface area contributed by atoms with Gasteiger partial charge in [-0.1, -0.05) is 11.3 Å². The van der Waals surface area contributed by atoms with Gasteiger partial charge in [0.25, 0.3) is 0 Å². The van der Waals surface area contributed by atoms with Gasteiger partial charge in [0, 0.05) is 6.26 Å². The Hall–Kier alpha value is -1.04. The van der Waals surface area contributed by atoms with Crippen LogP contribution in [0, 0.1) is 10.1 Å². The van der Waals surface area contributed by atoms with E-state index >= 15 is 0 Å². The van der Waals surface area contributed by atoms with Crippen LogP contribution in [0.4, 0.5) is 5.00 Å². The first kappa shape index (κ1) is 13.4. The van der Waals surface area contributed by atoms with E-state index in [0.29, 0.717) is 4.21 Å². The van der Waals surface area contributed by atoms with Gasteiger partial charge in [-0.3, -0.25) is 14.3 Å². The Kier molecular flexibility index (Phi) is 3.94. The summed E-state index contributed by atoms with van der Waals surface area (Å²) in [6, 6.07) is 0. The zero-order valence-corrected chi connectivity index (χ0v) is 12.0. The van der Waals surface area contributed by atoms with Crippen molar-refractivity contribution in [2.75, 3.05) is 6.26 Å². The summed E-state index contributed by atoms with van der Waals surface area (Å²) < 4.78 is 24.1. The first-order valence-corrected chi connectivity index (χ1v) is 8.64. The topological polar surface area (TPSA) is 103 Å². The highest BCUT2D eigenvalue weighted by molar-refractivity contribution is 7.90. The van der Waals surface area contributed by atoms with E-state index in [0.717, 1.165) is 28.9 Å². The van der Waals surface area contributed by atoms with Crippen molar-refractivity contribution in [3.05, 3.63) is 22.5 Å². The molecule has 2 atom stereocenters. The summed E-state index contributed by atoms with van der Waals surface area (Å²) in [6.45, 7) is 0. The SMILES string of the molecule is CS(=O)c1cnc(S(=O)c2ncc([N+](=O)[O-])s2)s1. The molecule has 2 heterocycles. The van der Waals surface area contributed by atoms with Gasteiger partial charge in [-0.25, -0.2) is 14.2 Å². The van der Waals surface area contributed by atoms with Crippen LogP contribution >= 0.6 is 22.7 Å². The predicted octanol–water partition coefficient (Wildman–Crippen LogP) is 1.41. The fourth-order valence-corrected chi connectivity index (χ4v) is 5.08. The molecule has 0 amide bonds. The third-order valence-corrected chi connectivity index (χ3v) is 6.93. The molecular weight excluding hydrogens is 318 g/mol. The number of hydrogen-bond acceptors (Lipinski definition) is 8. The lowest BCUT2D eigenvalue weighted by Gasteiger charge is -1.89. The van der Waals surface area contributed by atoms with Gasteiger partial charge in [-0.2, -0.15) is 0 Å². The average Bonchev–Trinajstić information content (AvgIpc) is 2.97. The molecular formula is C7H5N3O4S4. The minimum Gasteiger partial charge on any atom is -0.257 e. The van der Waals surface area contributed by atoms with Crippen LogP contribution in [0.25, 0.3) is 0 Å². The summed E-state index contributed by atoms with van der Waals surface area (Å²) in [4.78, 5) is 17.5. The van der Waals surface area contributed by atoms with Crippen LogP contribution in [0.3, 0.4) is 0 Å². The first-order chi connectivity index (χ1) is 8.49. The summed E-state index contributed by atoms with van der Waals surface area (Å²) in [5.41, 5.74) is 0. The van der Waals surface area contributed by atoms with E-state index in [-0.39, 0.29) is 13.7 Å². The smallest absolute Gasteiger partial charge is 0.257 e. The largest absolute Gasteiger partial charge is 0.344 e. The second kappa shape index (κ2) is 5.30. The van der Waals surface area contributed by atoms with Crippen LogP contribution in [-0.2, 0) is 21.6 Å². The van der Waals surface area contributed by atoms with Gasteiger partial charge < -0.3 is 0 Å². The molecule has 0 saturated carbocycles. The molecule has 0 saturated heterocycles. The molecule has 0 aliphatic heterocycles. The zero-order valence-electron chi connectivity index (χ0n) is 8.76. The maximum absolute atomic E-state index is 12.0. The maximum Gasteiger partial charge on any atom is 0.344 e. The monoisotopic (exact) mass is 323 g/mol. The molecule has 0 bridgehead atoms. The predicted molar refractivity (Wildman–Crippen MR) is 67.9 cm³/mol. The number of aromatic nitrogens is 2. The molecule has 0 radical (unpaired) electrons. The van der Waals surface area contributed by atoms with E-state index < -0.39 is 26.5 Å². The summed E-state index contributed by atoms with van der Waals surface area (Å²) >= 11 is 1.79. The van der Waals surface area contributed by atoms with Crippen LogP contribution in [0.5, 0.6) is 0 Å². The Morgan fingerprint density at radius 2 is 1.83 bits per heavy atom. The van der Waals surface area contributed by atoms with Crippen molar-refractivity contribution >= 4 is 49.3 Å². The highest BCUT2D eigenvalue weighted by atomic mass is 32.2. The van der Waals surface area contributed by atoms with Gasteiger partial charge in [-0.15, -0.1) is 0 Å². The zero-order chi connectivity index (χ0) is 13.3. The van der Waals surface area contributed by atoms with Crippen molar-refractivity contribution in [2.45, 2.75) is 12.9 Å². The van der Waals surface area contributed by atoms with Crippen molar-refractivity contribution in [1.82, 2.24) is 9.97 Å². The van der Waals surface area contributed by atoms with Crippen LogP contribution < -0.4 is 0 Å². The Balaban J connectivity index is 2.29. The molecule has 0 aromatic carbocycles. The first-order valence-electron chi connectivity index (χ1n) is 4.30. The van der Waals surface area contributed by atoms with Gasteiger partial charge in [0.15, 0.2) is 8.68 Å². The second-order valence-electron chi connectivity index (χ2n) is 2.89. The lowest BCUT2D eigenvalue weighted by atomic mass is 10.9. The molecule has 2 rings (SSSR count). The van der Waals surface area contributed by atoms with Gasteiger partial charge in [0.1, 0.15) is 21.2 Å². The van der Waals surface area contributed by atoms with Crippen LogP contribution in [-0.4, -0.2) is 29.6 Å². The standard InChI is InChI=1S/C7H5N3O4S4/c1-17(13)5-3-9-7(16-5)18(14)6-8-2-4(15-6)10(11)12/h2-3H,1H3. The molecule has 2 aromatic heterocycles. The summed E-state index contributed by atoms with van der Waals surface area (Å²) in [5, 5.41) is 10.3. The summed E-state index contributed by atoms with van der Waals surface area (Å²) in [5.74, 6) is 0. The Morgan fingerprint density at radius 1 is 1.22 bits per heavy atom. The molecule has 0 aliphatic carbocycles. The van der Waals surface area contributed by atoms with E-state index in [9.17, 15) is 18.5 Å². The van der Waals surface area contributed by atoms with Crippen molar-refractivity contribution in [2.24, 2.45) is 0 Å². The summed E-state index contributed by atoms with van der Waals surface area (Å²) in [6.07, 6.45) is 3.94. The van der Waals surface area contributed by atoms with Crippen molar-refractivity contribution in [3.63, 3.8) is 0 Å². The van der Waals surface area contributed by atoms with Crippen LogP contribution in [0.15, 0.2) is 25.3 Å². The maximum atomic E-state index is 12.0. The number of nitrogens with zero attached hydrogens (tertiary/aromatic N) is 3. The van der Waals surface area contributed by atoms with Crippen LogP contribution in [0.2, 0.25) is 0 Å². The lowest BCUT2D eigenvalue weighted by molar-refractivity contribution is -0.380. The van der Waals surface area contributed by atoms with Gasteiger partial charge in [0.05, 0.1) is 21.9 Å². The second-order valence-corrected chi connectivity index (χ2v) is 8.36. The van der Waals surface area contributed by atoms with Crippen molar-refractivity contribution in [1.29, 1.82) is 0 Å². The number of nitro groups is 1. The fourth-order valence-electron chi connectivity index (χ4n) is 0.958. The van der Waals surface area contributed by atoms with E-state index in [1.165, 1.54) is 12.5 Å². The molecule has 96 valence electrons. The molecule has 2 unspecified atom stereocenters. The minimum absolute atomic E-state index is 0.115. The highest BCUT2D eigenvalue weighted by Crippen LogP contribution is 2.29. The molecule has 2 aromatic rings. The average molecular weight is 323 g/mol. The molecule has 0 N–H and O–H groups in total. The Morgan fingerprint density at radius 3 is 2.33 bits per heavy atom. The summed E-state index contributed by atoms with van der Waals surface area (Å²) in [7, 11) is -2.85. The number of rotatable bonds is 4. The van der Waals surface area contributed by atoms with Gasteiger partial charge in [-0.05, 0) is 11.3 Å². The van der Waals surface area contributed by atoms with E-state index in [1.54, 1.807) is 0 Å². The fraction of sp³-hybridized carbons (Fsp3) is 0.143. The normalized spacial score (nSPS) is 14.3. The Bertz CT molecular complexity index is 594. The highest BCUT2D eigenvalue weighted by Gasteiger charge is 2.20. The lowest BCUT2D eigenvalue weighted by Crippen LogP contribution is -1.89. The van der Waals surface area contributed by atoms with E-state index in [1.807, 2.05) is 0 Å². The Labute approximate surface area is 114 Å². The molecule has 18 heavy (non-hydrogen) atoms. The van der Waals surface area contributed by atoms with Crippen LogP contribution in [0.1, 0.15) is 0 Å². The van der Waals surface area contributed by atoms with Gasteiger partial charge in [0.2, 0.25) is 0 Å². The van der Waals surface area contributed by atoms with E-state index in [4.69, 9.17) is 0 Å². The third-order valence-electron chi connectivity index (χ3n) is 1.72. The number of hydrogen-bond donors (Lipinski definition) is 0. The molecule has 11 heteroatoms. The quantitative estimate of drug-likeness (QED) is 0.622. The number of thiazole rings is 2. The molecule has 0 aliphatic rings. The van der Waals surface area contributed by atoms with E-state index in [2.05, 4.69) is 9.97 Å². The third kappa shape index (κ3) is 2.68. The van der Waals surface area contributed by atoms with Crippen molar-refractivity contribution < 1.29 is 13.3 Å².